The van der Waals surface area contributed by atoms with Gasteiger partial charge < -0.3 is 5.11 Å². The molecule has 1 rings (SSSR count). The Morgan fingerprint density at radius 3 is 2.25 bits per heavy atom. The van der Waals surface area contributed by atoms with Crippen molar-refractivity contribution in [3.63, 3.8) is 0 Å². The molecule has 1 fully saturated rings. The number of hydrogen-bond acceptors (Lipinski definition) is 1. The molecule has 12 heavy (non-hydrogen) atoms. The van der Waals surface area contributed by atoms with Gasteiger partial charge in [-0.3, -0.25) is 0 Å². The number of aliphatic hydroxyl groups is 1. The zero-order valence-corrected chi connectivity index (χ0v) is 8.43. The minimum atomic E-state index is -0.263. The van der Waals surface area contributed by atoms with Gasteiger partial charge in [0.05, 0.1) is 6.10 Å². The number of rotatable bonds is 1. The highest BCUT2D eigenvalue weighted by atomic mass is 16.3. The number of hydrogen-bond donors (Lipinski definition) is 1. The molecule has 1 heteroatoms. The summed E-state index contributed by atoms with van der Waals surface area (Å²) >= 11 is 0. The van der Waals surface area contributed by atoms with Crippen molar-refractivity contribution in [1.29, 1.82) is 0 Å². The van der Waals surface area contributed by atoms with E-state index >= 15 is 0 Å². The Morgan fingerprint density at radius 2 is 1.83 bits per heavy atom. The molecule has 0 saturated heterocycles. The highest BCUT2D eigenvalue weighted by Gasteiger charge is 2.23. The first kappa shape index (κ1) is 9.79. The van der Waals surface area contributed by atoms with Gasteiger partial charge in [0.1, 0.15) is 0 Å². The Balaban J connectivity index is 2.46. The van der Waals surface area contributed by atoms with E-state index in [1.807, 2.05) is 13.0 Å². The number of allylic oxidation sites excluding steroid dienone is 1. The van der Waals surface area contributed by atoms with Crippen LogP contribution >= 0.6 is 0 Å². The summed E-state index contributed by atoms with van der Waals surface area (Å²) in [7, 11) is 0. The molecule has 0 aromatic carbocycles. The maximum absolute atomic E-state index is 9.16. The highest BCUT2D eigenvalue weighted by Crippen LogP contribution is 2.37. The maximum Gasteiger partial charge on any atom is 0.0695 e. The third-order valence-electron chi connectivity index (χ3n) is 2.72. The average Bonchev–Trinajstić information content (AvgIpc) is 1.93. The summed E-state index contributed by atoms with van der Waals surface area (Å²) in [5.74, 6) is 0. The van der Waals surface area contributed by atoms with Gasteiger partial charge >= 0.3 is 0 Å². The quantitative estimate of drug-likeness (QED) is 0.597. The van der Waals surface area contributed by atoms with Crippen LogP contribution in [0.1, 0.15) is 46.5 Å². The van der Waals surface area contributed by atoms with E-state index in [4.69, 9.17) is 5.11 Å². The lowest BCUT2D eigenvalue weighted by Gasteiger charge is -2.31. The summed E-state index contributed by atoms with van der Waals surface area (Å²) in [4.78, 5) is 0. The zero-order chi connectivity index (χ0) is 9.19. The lowest BCUT2D eigenvalue weighted by Crippen LogP contribution is -2.17. The van der Waals surface area contributed by atoms with Crippen molar-refractivity contribution in [2.75, 3.05) is 0 Å². The van der Waals surface area contributed by atoms with E-state index in [0.29, 0.717) is 5.41 Å². The van der Waals surface area contributed by atoms with Crippen molar-refractivity contribution in [3.05, 3.63) is 11.6 Å². The van der Waals surface area contributed by atoms with Crippen molar-refractivity contribution in [2.24, 2.45) is 5.41 Å². The van der Waals surface area contributed by atoms with Crippen LogP contribution in [0.5, 0.6) is 0 Å². The second-order valence-corrected chi connectivity index (χ2v) is 4.73. The van der Waals surface area contributed by atoms with Crippen molar-refractivity contribution in [1.82, 2.24) is 0 Å². The summed E-state index contributed by atoms with van der Waals surface area (Å²) in [6.45, 7) is 6.48. The molecule has 0 aromatic heterocycles. The molecule has 0 amide bonds. The Kier molecular flexibility index (Phi) is 2.94. The van der Waals surface area contributed by atoms with Crippen LogP contribution in [-0.2, 0) is 0 Å². The minimum absolute atomic E-state index is 0.263. The predicted molar refractivity (Wildman–Crippen MR) is 52.0 cm³/mol. The van der Waals surface area contributed by atoms with Crippen LogP contribution in [0.2, 0.25) is 0 Å². The molecule has 1 nitrogen and oxygen atoms in total. The number of aliphatic hydroxyl groups excluding tert-OH is 1. The van der Waals surface area contributed by atoms with Crippen LogP contribution < -0.4 is 0 Å². The van der Waals surface area contributed by atoms with Crippen molar-refractivity contribution in [3.8, 4) is 0 Å². The lowest BCUT2D eigenvalue weighted by atomic mass is 9.75. The summed E-state index contributed by atoms with van der Waals surface area (Å²) in [6.07, 6.45) is 6.64. The standard InChI is InChI=1S/C11H20O/c1-9(12)8-10-4-6-11(2,3)7-5-10/h8-9,12H,4-7H2,1-3H3/t9-/m0/s1. The third-order valence-corrected chi connectivity index (χ3v) is 2.72. The first-order chi connectivity index (χ1) is 5.49. The van der Waals surface area contributed by atoms with E-state index in [2.05, 4.69) is 13.8 Å². The smallest absolute Gasteiger partial charge is 0.0695 e. The van der Waals surface area contributed by atoms with Crippen LogP contribution in [0.3, 0.4) is 0 Å². The Bertz CT molecular complexity index is 165. The van der Waals surface area contributed by atoms with E-state index < -0.39 is 0 Å². The second kappa shape index (κ2) is 3.61. The molecule has 0 aliphatic heterocycles. The molecule has 0 spiro atoms. The minimum Gasteiger partial charge on any atom is -0.389 e. The van der Waals surface area contributed by atoms with Crippen LogP contribution in [0, 0.1) is 5.41 Å². The van der Waals surface area contributed by atoms with E-state index in [9.17, 15) is 0 Å². The summed E-state index contributed by atoms with van der Waals surface area (Å²) in [6, 6.07) is 0. The van der Waals surface area contributed by atoms with Crippen LogP contribution in [0.15, 0.2) is 11.6 Å². The summed E-state index contributed by atoms with van der Waals surface area (Å²) < 4.78 is 0. The van der Waals surface area contributed by atoms with Crippen molar-refractivity contribution >= 4 is 0 Å². The second-order valence-electron chi connectivity index (χ2n) is 4.73. The van der Waals surface area contributed by atoms with Gasteiger partial charge in [-0.15, -0.1) is 0 Å². The van der Waals surface area contributed by atoms with Gasteiger partial charge in [-0.25, -0.2) is 0 Å². The van der Waals surface area contributed by atoms with Crippen LogP contribution in [0.4, 0.5) is 0 Å². The van der Waals surface area contributed by atoms with Gasteiger partial charge in [-0.05, 0) is 38.0 Å². The average molecular weight is 168 g/mol. The van der Waals surface area contributed by atoms with Gasteiger partial charge in [0.25, 0.3) is 0 Å². The Hall–Kier alpha value is -0.300. The zero-order valence-electron chi connectivity index (χ0n) is 8.43. The topological polar surface area (TPSA) is 20.2 Å². The molecule has 1 N–H and O–H groups in total. The Morgan fingerprint density at radius 1 is 1.33 bits per heavy atom. The van der Waals surface area contributed by atoms with Gasteiger partial charge in [-0.2, -0.15) is 0 Å². The van der Waals surface area contributed by atoms with Gasteiger partial charge in [0.15, 0.2) is 0 Å². The molecule has 0 radical (unpaired) electrons. The predicted octanol–water partition coefficient (Wildman–Crippen LogP) is 2.89. The van der Waals surface area contributed by atoms with Gasteiger partial charge in [0.2, 0.25) is 0 Å². The molecule has 1 aliphatic rings. The molecule has 1 aliphatic carbocycles. The van der Waals surface area contributed by atoms with E-state index in [0.717, 1.165) is 0 Å². The molecule has 0 unspecified atom stereocenters. The van der Waals surface area contributed by atoms with Crippen molar-refractivity contribution in [2.45, 2.75) is 52.6 Å². The van der Waals surface area contributed by atoms with Crippen LogP contribution in [0.25, 0.3) is 0 Å². The molecule has 70 valence electrons. The lowest BCUT2D eigenvalue weighted by molar-refractivity contribution is 0.236. The molecule has 0 heterocycles. The molecular formula is C11H20O. The van der Waals surface area contributed by atoms with E-state index in [1.54, 1.807) is 0 Å². The van der Waals surface area contributed by atoms with Crippen LogP contribution in [-0.4, -0.2) is 11.2 Å². The van der Waals surface area contributed by atoms with E-state index in [1.165, 1.54) is 31.3 Å². The highest BCUT2D eigenvalue weighted by molar-refractivity contribution is 5.08. The monoisotopic (exact) mass is 168 g/mol. The fourth-order valence-electron chi connectivity index (χ4n) is 1.76. The first-order valence-electron chi connectivity index (χ1n) is 4.87. The normalized spacial score (nSPS) is 25.2. The van der Waals surface area contributed by atoms with Crippen molar-refractivity contribution < 1.29 is 5.11 Å². The molecule has 1 saturated carbocycles. The van der Waals surface area contributed by atoms with E-state index in [-0.39, 0.29) is 6.10 Å². The molecule has 0 bridgehead atoms. The first-order valence-corrected chi connectivity index (χ1v) is 4.87. The maximum atomic E-state index is 9.16. The van der Waals surface area contributed by atoms with Gasteiger partial charge in [-0.1, -0.05) is 25.5 Å². The largest absolute Gasteiger partial charge is 0.389 e. The summed E-state index contributed by atoms with van der Waals surface area (Å²) in [5.41, 5.74) is 1.97. The third kappa shape index (κ3) is 2.98. The fraction of sp³-hybridized carbons (Fsp3) is 0.818. The molecule has 1 atom stereocenters. The molecule has 0 aromatic rings. The SMILES string of the molecule is C[C@H](O)C=C1CCC(C)(C)CC1. The van der Waals surface area contributed by atoms with Gasteiger partial charge in [0, 0.05) is 0 Å². The Labute approximate surface area is 75.5 Å². The fourth-order valence-corrected chi connectivity index (χ4v) is 1.76. The summed E-state index contributed by atoms with van der Waals surface area (Å²) in [5, 5.41) is 9.16. The molecular weight excluding hydrogens is 148 g/mol.